The number of benzene rings is 1. The molecule has 0 aliphatic carbocycles. The Bertz CT molecular complexity index is 432. The molecule has 3 N–H and O–H groups in total. The minimum atomic E-state index is -1.39. The van der Waals surface area contributed by atoms with Gasteiger partial charge in [0, 0.05) is 5.56 Å². The zero-order valence-corrected chi connectivity index (χ0v) is 9.92. The summed E-state index contributed by atoms with van der Waals surface area (Å²) in [6, 6.07) is 6.45. The molecule has 0 bridgehead atoms. The van der Waals surface area contributed by atoms with Gasteiger partial charge < -0.3 is 20.3 Å². The molecule has 6 heteroatoms. The van der Waals surface area contributed by atoms with E-state index in [0.717, 1.165) is 7.11 Å². The van der Waals surface area contributed by atoms with Crippen molar-refractivity contribution in [3.05, 3.63) is 29.8 Å². The zero-order chi connectivity index (χ0) is 13.5. The highest BCUT2D eigenvalue weighted by Gasteiger charge is 2.16. The van der Waals surface area contributed by atoms with E-state index in [1.807, 2.05) is 0 Å². The molecule has 0 aromatic heterocycles. The summed E-state index contributed by atoms with van der Waals surface area (Å²) in [5, 5.41) is 21.1. The number of hydrogen-bond donors (Lipinski definition) is 3. The molecular weight excluding hydrogens is 238 g/mol. The number of carbonyl (C=O) groups is 2. The number of aliphatic hydroxyl groups is 1. The van der Waals surface area contributed by atoms with Gasteiger partial charge in [-0.05, 0) is 6.07 Å². The Kier molecular flexibility index (Phi) is 5.13. The van der Waals surface area contributed by atoms with Crippen LogP contribution in [0.2, 0.25) is 0 Å². The third-order valence-electron chi connectivity index (χ3n) is 2.31. The number of nitrogens with one attached hydrogen (secondary N) is 1. The van der Waals surface area contributed by atoms with Crippen molar-refractivity contribution in [3.63, 3.8) is 0 Å². The number of amides is 1. The smallest absolute Gasteiger partial charge is 0.336 e. The van der Waals surface area contributed by atoms with E-state index < -0.39 is 18.0 Å². The SMILES string of the molecule is COC(=O)C(O)CNC(=O)Cc1ccccc1O. The Morgan fingerprint density at radius 1 is 1.39 bits per heavy atom. The Hall–Kier alpha value is -2.08. The number of phenolic OH excluding ortho intramolecular Hbond substituents is 1. The summed E-state index contributed by atoms with van der Waals surface area (Å²) in [6.45, 7) is -0.223. The van der Waals surface area contributed by atoms with E-state index >= 15 is 0 Å². The lowest BCUT2D eigenvalue weighted by molar-refractivity contribution is -0.150. The van der Waals surface area contributed by atoms with Gasteiger partial charge in [-0.1, -0.05) is 18.2 Å². The van der Waals surface area contributed by atoms with Gasteiger partial charge in [-0.25, -0.2) is 4.79 Å². The maximum Gasteiger partial charge on any atom is 0.336 e. The monoisotopic (exact) mass is 253 g/mol. The van der Waals surface area contributed by atoms with Gasteiger partial charge in [0.25, 0.3) is 0 Å². The van der Waals surface area contributed by atoms with Gasteiger partial charge in [-0.3, -0.25) is 4.79 Å². The highest BCUT2D eigenvalue weighted by Crippen LogP contribution is 2.15. The number of aromatic hydroxyl groups is 1. The minimum absolute atomic E-state index is 0.0272. The van der Waals surface area contributed by atoms with E-state index in [1.165, 1.54) is 6.07 Å². The van der Waals surface area contributed by atoms with Gasteiger partial charge in [0.1, 0.15) is 5.75 Å². The van der Waals surface area contributed by atoms with E-state index in [-0.39, 0.29) is 18.7 Å². The van der Waals surface area contributed by atoms with Crippen LogP contribution in [0.15, 0.2) is 24.3 Å². The van der Waals surface area contributed by atoms with Gasteiger partial charge in [-0.2, -0.15) is 0 Å². The largest absolute Gasteiger partial charge is 0.508 e. The molecule has 1 rings (SSSR count). The first kappa shape index (κ1) is 14.0. The van der Waals surface area contributed by atoms with Gasteiger partial charge >= 0.3 is 5.97 Å². The minimum Gasteiger partial charge on any atom is -0.508 e. The number of rotatable bonds is 5. The second kappa shape index (κ2) is 6.61. The Labute approximate surface area is 104 Å². The van der Waals surface area contributed by atoms with Gasteiger partial charge in [0.15, 0.2) is 6.10 Å². The average Bonchev–Trinajstić information content (AvgIpc) is 2.37. The van der Waals surface area contributed by atoms with Crippen LogP contribution in [0.3, 0.4) is 0 Å². The number of methoxy groups -OCH3 is 1. The topological polar surface area (TPSA) is 95.9 Å². The highest BCUT2D eigenvalue weighted by atomic mass is 16.5. The third-order valence-corrected chi connectivity index (χ3v) is 2.31. The van der Waals surface area contributed by atoms with Crippen molar-refractivity contribution >= 4 is 11.9 Å². The Morgan fingerprint density at radius 3 is 2.67 bits per heavy atom. The molecule has 0 saturated carbocycles. The summed E-state index contributed by atoms with van der Waals surface area (Å²) in [4.78, 5) is 22.4. The maximum absolute atomic E-state index is 11.5. The van der Waals surface area contributed by atoms with Crippen LogP contribution in [-0.4, -0.2) is 41.8 Å². The molecule has 1 atom stereocenters. The van der Waals surface area contributed by atoms with Crippen molar-refractivity contribution in [3.8, 4) is 5.75 Å². The number of carbonyl (C=O) groups excluding carboxylic acids is 2. The summed E-state index contributed by atoms with van der Waals surface area (Å²) in [5.41, 5.74) is 0.475. The number of hydrogen-bond acceptors (Lipinski definition) is 5. The second-order valence-electron chi connectivity index (χ2n) is 3.65. The first-order valence-electron chi connectivity index (χ1n) is 5.34. The van der Waals surface area contributed by atoms with Crippen molar-refractivity contribution in [1.82, 2.24) is 5.32 Å². The fourth-order valence-corrected chi connectivity index (χ4v) is 1.33. The van der Waals surface area contributed by atoms with Crippen LogP contribution in [0.1, 0.15) is 5.56 Å². The predicted octanol–water partition coefficient (Wildman–Crippen LogP) is -0.415. The summed E-state index contributed by atoms with van der Waals surface area (Å²) in [7, 11) is 1.15. The van der Waals surface area contributed by atoms with Crippen LogP contribution in [0.25, 0.3) is 0 Å². The number of ether oxygens (including phenoxy) is 1. The molecular formula is C12H15NO5. The summed E-state index contributed by atoms with van der Waals surface area (Å²) < 4.78 is 4.30. The van der Waals surface area contributed by atoms with Gasteiger partial charge in [0.2, 0.25) is 5.91 Å². The van der Waals surface area contributed by atoms with E-state index in [0.29, 0.717) is 5.56 Å². The second-order valence-corrected chi connectivity index (χ2v) is 3.65. The van der Waals surface area contributed by atoms with Crippen LogP contribution in [-0.2, 0) is 20.7 Å². The van der Waals surface area contributed by atoms with Crippen molar-refractivity contribution in [2.24, 2.45) is 0 Å². The molecule has 6 nitrogen and oxygen atoms in total. The van der Waals surface area contributed by atoms with Crippen molar-refractivity contribution in [1.29, 1.82) is 0 Å². The molecule has 0 spiro atoms. The molecule has 0 aliphatic rings. The predicted molar refractivity (Wildman–Crippen MR) is 62.8 cm³/mol. The standard InChI is InChI=1S/C12H15NO5/c1-18-12(17)10(15)7-13-11(16)6-8-4-2-3-5-9(8)14/h2-5,10,14-15H,6-7H2,1H3,(H,13,16). The molecule has 0 aliphatic heterocycles. The third kappa shape index (κ3) is 4.06. The zero-order valence-electron chi connectivity index (χ0n) is 9.92. The van der Waals surface area contributed by atoms with Crippen molar-refractivity contribution in [2.75, 3.05) is 13.7 Å². The maximum atomic E-state index is 11.5. The summed E-state index contributed by atoms with van der Waals surface area (Å²) >= 11 is 0. The van der Waals surface area contributed by atoms with Crippen molar-refractivity contribution < 1.29 is 24.5 Å². The molecule has 1 aromatic carbocycles. The number of para-hydroxylation sites is 1. The van der Waals surface area contributed by atoms with E-state index in [4.69, 9.17) is 0 Å². The number of phenols is 1. The lowest BCUT2D eigenvalue weighted by Gasteiger charge is -2.10. The molecule has 0 saturated heterocycles. The van der Waals surface area contributed by atoms with Crippen LogP contribution < -0.4 is 5.32 Å². The molecule has 0 heterocycles. The molecule has 0 radical (unpaired) electrons. The molecule has 18 heavy (non-hydrogen) atoms. The Morgan fingerprint density at radius 2 is 2.06 bits per heavy atom. The average molecular weight is 253 g/mol. The molecule has 1 unspecified atom stereocenters. The summed E-state index contributed by atoms with van der Waals surface area (Å²) in [5.74, 6) is -1.18. The first-order valence-corrected chi connectivity index (χ1v) is 5.34. The van der Waals surface area contributed by atoms with Crippen LogP contribution in [0.4, 0.5) is 0 Å². The number of aliphatic hydroxyl groups excluding tert-OH is 1. The quantitative estimate of drug-likeness (QED) is 0.620. The van der Waals surface area contributed by atoms with Gasteiger partial charge in [-0.15, -0.1) is 0 Å². The van der Waals surface area contributed by atoms with Crippen LogP contribution in [0, 0.1) is 0 Å². The molecule has 0 fully saturated rings. The van der Waals surface area contributed by atoms with Crippen LogP contribution in [0.5, 0.6) is 5.75 Å². The normalized spacial score (nSPS) is 11.7. The lowest BCUT2D eigenvalue weighted by atomic mass is 10.1. The number of esters is 1. The molecule has 98 valence electrons. The van der Waals surface area contributed by atoms with Crippen LogP contribution >= 0.6 is 0 Å². The van der Waals surface area contributed by atoms with Crippen molar-refractivity contribution in [2.45, 2.75) is 12.5 Å². The lowest BCUT2D eigenvalue weighted by Crippen LogP contribution is -2.37. The highest BCUT2D eigenvalue weighted by molar-refractivity contribution is 5.80. The first-order chi connectivity index (χ1) is 8.54. The van der Waals surface area contributed by atoms with E-state index in [9.17, 15) is 19.8 Å². The Balaban J connectivity index is 2.43. The van der Waals surface area contributed by atoms with Gasteiger partial charge in [0.05, 0.1) is 20.1 Å². The fourth-order valence-electron chi connectivity index (χ4n) is 1.33. The molecule has 1 amide bonds. The fraction of sp³-hybridized carbons (Fsp3) is 0.333. The summed E-state index contributed by atoms with van der Waals surface area (Å²) in [6.07, 6.45) is -1.41. The van der Waals surface area contributed by atoms with E-state index in [1.54, 1.807) is 18.2 Å². The molecule has 1 aromatic rings. The van der Waals surface area contributed by atoms with E-state index in [2.05, 4.69) is 10.1 Å².